The van der Waals surface area contributed by atoms with E-state index < -0.39 is 0 Å². The first kappa shape index (κ1) is 21.1. The number of nitrogens with zero attached hydrogens (tertiary/aromatic N) is 2. The van der Waals surface area contributed by atoms with E-state index >= 15 is 0 Å². The number of fused-ring (bicyclic) bond motifs is 1. The van der Waals surface area contributed by atoms with Crippen LogP contribution in [0.2, 0.25) is 0 Å². The molecule has 2 heterocycles. The minimum absolute atomic E-state index is 0.232. The van der Waals surface area contributed by atoms with Gasteiger partial charge in [0.15, 0.2) is 0 Å². The number of amides is 1. The van der Waals surface area contributed by atoms with Crippen LogP contribution in [-0.4, -0.2) is 33.2 Å². The zero-order valence-corrected chi connectivity index (χ0v) is 17.8. The lowest BCUT2D eigenvalue weighted by Crippen LogP contribution is -2.36. The maximum absolute atomic E-state index is 12.5. The Labute approximate surface area is 180 Å². The molecule has 2 aromatic carbocycles. The molecular formula is C24H28N4O3. The first-order chi connectivity index (χ1) is 15.0. The molecule has 0 spiro atoms. The summed E-state index contributed by atoms with van der Waals surface area (Å²) in [7, 11) is 0. The van der Waals surface area contributed by atoms with E-state index in [4.69, 9.17) is 0 Å². The summed E-state index contributed by atoms with van der Waals surface area (Å²) >= 11 is 0. The highest BCUT2D eigenvalue weighted by atomic mass is 16.2. The molecule has 1 atom stereocenters. The highest BCUT2D eigenvalue weighted by molar-refractivity contribution is 5.81. The number of rotatable bonds is 6. The number of likely N-dealkylation sites (tertiary alicyclic amines) is 1. The van der Waals surface area contributed by atoms with Gasteiger partial charge in [0.1, 0.15) is 6.54 Å². The molecule has 1 aliphatic heterocycles. The summed E-state index contributed by atoms with van der Waals surface area (Å²) in [6.45, 7) is 4.52. The second kappa shape index (κ2) is 9.31. The van der Waals surface area contributed by atoms with Crippen LogP contribution in [0.3, 0.4) is 0 Å². The van der Waals surface area contributed by atoms with Crippen molar-refractivity contribution in [3.8, 4) is 0 Å². The number of H-pyrrole nitrogens is 1. The molecule has 1 aromatic heterocycles. The lowest BCUT2D eigenvalue weighted by atomic mass is 10.0. The van der Waals surface area contributed by atoms with Crippen molar-refractivity contribution >= 4 is 16.7 Å². The van der Waals surface area contributed by atoms with Crippen molar-refractivity contribution in [3.05, 3.63) is 80.4 Å². The van der Waals surface area contributed by atoms with Gasteiger partial charge in [0.2, 0.25) is 5.91 Å². The second-order valence-corrected chi connectivity index (χ2v) is 8.29. The first-order valence-electron chi connectivity index (χ1n) is 10.8. The molecule has 1 unspecified atom stereocenters. The largest absolute Gasteiger partial charge is 0.350 e. The number of hydrogen-bond acceptors (Lipinski definition) is 4. The number of aromatic amines is 1. The fourth-order valence-corrected chi connectivity index (χ4v) is 4.15. The third-order valence-corrected chi connectivity index (χ3v) is 6.02. The molecule has 0 aliphatic carbocycles. The van der Waals surface area contributed by atoms with Crippen molar-refractivity contribution in [2.24, 2.45) is 0 Å². The van der Waals surface area contributed by atoms with Crippen LogP contribution >= 0.6 is 0 Å². The molecule has 1 saturated heterocycles. The first-order valence-corrected chi connectivity index (χ1v) is 10.8. The van der Waals surface area contributed by atoms with E-state index in [1.165, 1.54) is 24.8 Å². The normalized spacial score (nSPS) is 17.0. The molecule has 7 nitrogen and oxygen atoms in total. The lowest BCUT2D eigenvalue weighted by Gasteiger charge is -2.33. The van der Waals surface area contributed by atoms with Crippen LogP contribution in [0, 0.1) is 0 Å². The van der Waals surface area contributed by atoms with Crippen molar-refractivity contribution in [2.45, 2.75) is 51.9 Å². The molecular weight excluding hydrogens is 392 g/mol. The van der Waals surface area contributed by atoms with E-state index in [0.717, 1.165) is 23.3 Å². The van der Waals surface area contributed by atoms with Crippen molar-refractivity contribution in [1.82, 2.24) is 20.0 Å². The zero-order valence-electron chi connectivity index (χ0n) is 17.8. The number of aromatic nitrogens is 2. The lowest BCUT2D eigenvalue weighted by molar-refractivity contribution is -0.122. The van der Waals surface area contributed by atoms with Crippen molar-refractivity contribution in [1.29, 1.82) is 0 Å². The Morgan fingerprint density at radius 1 is 1.03 bits per heavy atom. The molecule has 1 amide bonds. The molecule has 0 bridgehead atoms. The number of carbonyl (C=O) groups excluding carboxylic acids is 1. The third-order valence-electron chi connectivity index (χ3n) is 6.02. The summed E-state index contributed by atoms with van der Waals surface area (Å²) in [6, 6.07) is 15.5. The predicted octanol–water partition coefficient (Wildman–Crippen LogP) is 2.38. The predicted molar refractivity (Wildman–Crippen MR) is 121 cm³/mol. The number of carbonyl (C=O) groups is 1. The van der Waals surface area contributed by atoms with Gasteiger partial charge >= 0.3 is 0 Å². The number of nitrogens with one attached hydrogen (secondary N) is 2. The van der Waals surface area contributed by atoms with Gasteiger partial charge in [-0.25, -0.2) is 4.68 Å². The maximum Gasteiger partial charge on any atom is 0.273 e. The third kappa shape index (κ3) is 4.94. The number of piperidine rings is 1. The average Bonchev–Trinajstić information content (AvgIpc) is 2.78. The summed E-state index contributed by atoms with van der Waals surface area (Å²) in [5.41, 5.74) is 1.48. The van der Waals surface area contributed by atoms with E-state index in [9.17, 15) is 14.4 Å². The van der Waals surface area contributed by atoms with Crippen LogP contribution in [0.5, 0.6) is 0 Å². The number of benzene rings is 2. The molecule has 162 valence electrons. The Morgan fingerprint density at radius 2 is 1.74 bits per heavy atom. The van der Waals surface area contributed by atoms with Gasteiger partial charge in [0.25, 0.3) is 11.1 Å². The molecule has 1 fully saturated rings. The van der Waals surface area contributed by atoms with E-state index in [1.807, 2.05) is 12.1 Å². The SMILES string of the molecule is CC1CCCCN1Cc1ccc(CNC(=O)Cn2[nH]c(=O)c3ccccc3c2=O)cc1. The minimum atomic E-state index is -0.387. The van der Waals surface area contributed by atoms with Crippen LogP contribution in [0.25, 0.3) is 10.8 Å². The molecule has 3 aromatic rings. The van der Waals surface area contributed by atoms with Gasteiger partial charge in [-0.2, -0.15) is 0 Å². The summed E-state index contributed by atoms with van der Waals surface area (Å²) in [5, 5.41) is 5.93. The van der Waals surface area contributed by atoms with Crippen LogP contribution in [0.15, 0.2) is 58.1 Å². The van der Waals surface area contributed by atoms with Crippen LogP contribution < -0.4 is 16.4 Å². The monoisotopic (exact) mass is 420 g/mol. The van der Waals surface area contributed by atoms with E-state index in [1.54, 1.807) is 24.3 Å². The van der Waals surface area contributed by atoms with Gasteiger partial charge in [-0.3, -0.25) is 24.4 Å². The standard InChI is InChI=1S/C24H28N4O3/c1-17-6-4-5-13-27(17)15-19-11-9-18(10-12-19)14-25-22(29)16-28-24(31)21-8-3-2-7-20(21)23(30)26-28/h2-3,7-12,17H,4-6,13-16H2,1H3,(H,25,29)(H,26,30). The second-order valence-electron chi connectivity index (χ2n) is 8.29. The highest BCUT2D eigenvalue weighted by Gasteiger charge is 2.18. The Hall–Kier alpha value is -3.19. The van der Waals surface area contributed by atoms with Gasteiger partial charge in [0.05, 0.1) is 10.8 Å². The van der Waals surface area contributed by atoms with Crippen LogP contribution in [0.1, 0.15) is 37.3 Å². The smallest absolute Gasteiger partial charge is 0.273 e. The highest BCUT2D eigenvalue weighted by Crippen LogP contribution is 2.19. The quantitative estimate of drug-likeness (QED) is 0.641. The Morgan fingerprint density at radius 3 is 2.48 bits per heavy atom. The van der Waals surface area contributed by atoms with Crippen molar-refractivity contribution in [2.75, 3.05) is 6.54 Å². The Balaban J connectivity index is 1.35. The fourth-order valence-electron chi connectivity index (χ4n) is 4.15. The summed E-state index contributed by atoms with van der Waals surface area (Å²) in [4.78, 5) is 39.5. The van der Waals surface area contributed by atoms with Crippen LogP contribution in [0.4, 0.5) is 0 Å². The molecule has 1 aliphatic rings. The average molecular weight is 421 g/mol. The molecule has 31 heavy (non-hydrogen) atoms. The summed E-state index contributed by atoms with van der Waals surface area (Å²) in [5.74, 6) is -0.334. The number of hydrogen-bond donors (Lipinski definition) is 2. The van der Waals surface area contributed by atoms with E-state index in [-0.39, 0.29) is 23.6 Å². The summed E-state index contributed by atoms with van der Waals surface area (Å²) in [6.07, 6.45) is 3.84. The van der Waals surface area contributed by atoms with Crippen molar-refractivity contribution in [3.63, 3.8) is 0 Å². The minimum Gasteiger partial charge on any atom is -0.350 e. The van der Waals surface area contributed by atoms with Gasteiger partial charge in [-0.05, 0) is 49.6 Å². The Bertz CT molecular complexity index is 1180. The Kier molecular flexibility index (Phi) is 6.32. The van der Waals surface area contributed by atoms with Gasteiger partial charge in [-0.1, -0.05) is 42.8 Å². The van der Waals surface area contributed by atoms with Crippen molar-refractivity contribution < 1.29 is 4.79 Å². The van der Waals surface area contributed by atoms with Crippen LogP contribution in [-0.2, 0) is 24.4 Å². The van der Waals surface area contributed by atoms with E-state index in [2.05, 4.69) is 34.4 Å². The topological polar surface area (TPSA) is 87.2 Å². The maximum atomic E-state index is 12.5. The fraction of sp³-hybridized carbons (Fsp3) is 0.375. The molecule has 4 rings (SSSR count). The van der Waals surface area contributed by atoms with Gasteiger partial charge in [-0.15, -0.1) is 0 Å². The molecule has 7 heteroatoms. The van der Waals surface area contributed by atoms with Gasteiger partial charge < -0.3 is 5.32 Å². The molecule has 2 N–H and O–H groups in total. The molecule has 0 radical (unpaired) electrons. The van der Waals surface area contributed by atoms with Gasteiger partial charge in [0, 0.05) is 19.1 Å². The zero-order chi connectivity index (χ0) is 21.8. The molecule has 0 saturated carbocycles. The van der Waals surface area contributed by atoms with E-state index in [0.29, 0.717) is 23.4 Å². The summed E-state index contributed by atoms with van der Waals surface area (Å²) < 4.78 is 1.06.